The third-order valence-corrected chi connectivity index (χ3v) is 4.74. The molecule has 3 fully saturated rings. The zero-order chi connectivity index (χ0) is 11.7. The van der Waals surface area contributed by atoms with Gasteiger partial charge >= 0.3 is 0 Å². The van der Waals surface area contributed by atoms with E-state index in [1.165, 1.54) is 58.2 Å². The molecule has 2 N–H and O–H groups in total. The molecule has 3 rings (SSSR count). The van der Waals surface area contributed by atoms with E-state index in [9.17, 15) is 5.11 Å². The molecule has 0 aromatic carbocycles. The molecule has 0 amide bonds. The van der Waals surface area contributed by atoms with Crippen LogP contribution in [0.4, 0.5) is 0 Å². The number of likely N-dealkylation sites (tertiary alicyclic amines) is 1. The summed E-state index contributed by atoms with van der Waals surface area (Å²) in [5.74, 6) is 0.817. The summed E-state index contributed by atoms with van der Waals surface area (Å²) in [4.78, 5) is 2.57. The van der Waals surface area contributed by atoms with E-state index in [1.807, 2.05) is 0 Å². The fourth-order valence-corrected chi connectivity index (χ4v) is 3.53. The van der Waals surface area contributed by atoms with Gasteiger partial charge in [-0.25, -0.2) is 0 Å². The molecule has 0 aromatic heterocycles. The molecule has 3 atom stereocenters. The first-order valence-electron chi connectivity index (χ1n) is 7.48. The Morgan fingerprint density at radius 1 is 1.06 bits per heavy atom. The maximum atomic E-state index is 10.00. The van der Waals surface area contributed by atoms with E-state index < -0.39 is 0 Å². The van der Waals surface area contributed by atoms with Gasteiger partial charge in [-0.2, -0.15) is 0 Å². The molecule has 2 aliphatic carbocycles. The van der Waals surface area contributed by atoms with Crippen molar-refractivity contribution in [3.8, 4) is 0 Å². The summed E-state index contributed by atoms with van der Waals surface area (Å²) in [5.41, 5.74) is 0. The highest BCUT2D eigenvalue weighted by molar-refractivity contribution is 4.89. The summed E-state index contributed by atoms with van der Waals surface area (Å²) >= 11 is 0. The minimum Gasteiger partial charge on any atom is -0.391 e. The molecule has 1 heterocycles. The van der Waals surface area contributed by atoms with E-state index in [2.05, 4.69) is 10.2 Å². The van der Waals surface area contributed by atoms with Crippen molar-refractivity contribution < 1.29 is 5.11 Å². The van der Waals surface area contributed by atoms with Crippen molar-refractivity contribution in [1.82, 2.24) is 10.2 Å². The average molecular weight is 238 g/mol. The molecule has 1 aliphatic heterocycles. The van der Waals surface area contributed by atoms with E-state index in [0.717, 1.165) is 18.4 Å². The maximum Gasteiger partial charge on any atom is 0.0695 e. The van der Waals surface area contributed by atoms with Crippen LogP contribution < -0.4 is 5.32 Å². The topological polar surface area (TPSA) is 35.5 Å². The smallest absolute Gasteiger partial charge is 0.0695 e. The highest BCUT2D eigenvalue weighted by atomic mass is 16.3. The van der Waals surface area contributed by atoms with Crippen molar-refractivity contribution in [2.24, 2.45) is 5.92 Å². The van der Waals surface area contributed by atoms with Crippen LogP contribution in [0.2, 0.25) is 0 Å². The second kappa shape index (κ2) is 5.25. The van der Waals surface area contributed by atoms with Gasteiger partial charge in [-0.3, -0.25) is 4.90 Å². The fourth-order valence-electron chi connectivity index (χ4n) is 3.53. The number of rotatable bonds is 4. The molecule has 0 spiro atoms. The highest BCUT2D eigenvalue weighted by Crippen LogP contribution is 2.28. The van der Waals surface area contributed by atoms with Gasteiger partial charge in [0.2, 0.25) is 0 Å². The van der Waals surface area contributed by atoms with E-state index in [4.69, 9.17) is 0 Å². The highest BCUT2D eigenvalue weighted by Gasteiger charge is 2.33. The van der Waals surface area contributed by atoms with Crippen molar-refractivity contribution in [3.63, 3.8) is 0 Å². The van der Waals surface area contributed by atoms with Crippen molar-refractivity contribution in [1.29, 1.82) is 0 Å². The first kappa shape index (κ1) is 11.9. The Hall–Kier alpha value is -0.120. The third-order valence-electron chi connectivity index (χ3n) is 4.74. The van der Waals surface area contributed by atoms with Crippen LogP contribution in [0, 0.1) is 5.92 Å². The number of nitrogens with one attached hydrogen (secondary N) is 1. The van der Waals surface area contributed by atoms with Crippen LogP contribution in [0.5, 0.6) is 0 Å². The summed E-state index contributed by atoms with van der Waals surface area (Å²) in [6.07, 6.45) is 8.86. The summed E-state index contributed by atoms with van der Waals surface area (Å²) in [7, 11) is 0. The van der Waals surface area contributed by atoms with E-state index in [1.54, 1.807) is 0 Å². The molecule has 17 heavy (non-hydrogen) atoms. The summed E-state index contributed by atoms with van der Waals surface area (Å²) in [6, 6.07) is 1.31. The molecule has 3 heteroatoms. The number of hydrogen-bond donors (Lipinski definition) is 2. The standard InChI is InChI=1S/C14H26N2O/c17-14-5-1-4-13(14)16-8-2-3-11(10-16)9-15-12-6-7-12/h11-15,17H,1-10H2. The summed E-state index contributed by atoms with van der Waals surface area (Å²) in [6.45, 7) is 3.62. The lowest BCUT2D eigenvalue weighted by Crippen LogP contribution is -2.48. The molecule has 0 radical (unpaired) electrons. The second-order valence-electron chi connectivity index (χ2n) is 6.25. The van der Waals surface area contributed by atoms with Crippen LogP contribution in [-0.4, -0.2) is 47.8 Å². The van der Waals surface area contributed by atoms with Crippen LogP contribution in [0.1, 0.15) is 44.9 Å². The predicted octanol–water partition coefficient (Wildman–Crippen LogP) is 1.36. The van der Waals surface area contributed by atoms with Gasteiger partial charge in [-0.05, 0) is 64.0 Å². The molecule has 98 valence electrons. The molecular weight excluding hydrogens is 212 g/mol. The van der Waals surface area contributed by atoms with Gasteiger partial charge in [-0.1, -0.05) is 0 Å². The molecule has 3 nitrogen and oxygen atoms in total. The Kier molecular flexibility index (Phi) is 3.69. The van der Waals surface area contributed by atoms with Gasteiger partial charge in [0.25, 0.3) is 0 Å². The third kappa shape index (κ3) is 3.01. The number of nitrogens with zero attached hydrogens (tertiary/aromatic N) is 1. The van der Waals surface area contributed by atoms with E-state index in [-0.39, 0.29) is 6.10 Å². The Labute approximate surface area is 105 Å². The lowest BCUT2D eigenvalue weighted by atomic mass is 9.96. The Morgan fingerprint density at radius 2 is 1.94 bits per heavy atom. The van der Waals surface area contributed by atoms with Gasteiger partial charge in [0.15, 0.2) is 0 Å². The first-order chi connectivity index (χ1) is 8.33. The van der Waals surface area contributed by atoms with Crippen LogP contribution in [-0.2, 0) is 0 Å². The Balaban J connectivity index is 1.48. The van der Waals surface area contributed by atoms with Gasteiger partial charge in [-0.15, -0.1) is 0 Å². The lowest BCUT2D eigenvalue weighted by Gasteiger charge is -2.38. The second-order valence-corrected chi connectivity index (χ2v) is 6.25. The van der Waals surface area contributed by atoms with Crippen LogP contribution >= 0.6 is 0 Å². The van der Waals surface area contributed by atoms with Gasteiger partial charge < -0.3 is 10.4 Å². The van der Waals surface area contributed by atoms with Crippen molar-refractivity contribution in [3.05, 3.63) is 0 Å². The summed E-state index contributed by atoms with van der Waals surface area (Å²) < 4.78 is 0. The molecule has 3 aliphatic rings. The quantitative estimate of drug-likeness (QED) is 0.776. The number of aliphatic hydroxyl groups is 1. The average Bonchev–Trinajstić information content (AvgIpc) is 3.08. The van der Waals surface area contributed by atoms with Crippen LogP contribution in [0.15, 0.2) is 0 Å². The number of aliphatic hydroxyl groups excluding tert-OH is 1. The predicted molar refractivity (Wildman–Crippen MR) is 69.0 cm³/mol. The number of piperidine rings is 1. The molecule has 0 aromatic rings. The maximum absolute atomic E-state index is 10.00. The lowest BCUT2D eigenvalue weighted by molar-refractivity contribution is 0.0432. The molecule has 1 saturated heterocycles. The minimum absolute atomic E-state index is 0.0508. The van der Waals surface area contributed by atoms with Crippen molar-refractivity contribution in [2.45, 2.75) is 63.1 Å². The largest absolute Gasteiger partial charge is 0.391 e. The first-order valence-corrected chi connectivity index (χ1v) is 7.48. The molecule has 3 unspecified atom stereocenters. The fraction of sp³-hybridized carbons (Fsp3) is 1.00. The van der Waals surface area contributed by atoms with Gasteiger partial charge in [0.05, 0.1) is 6.10 Å². The zero-order valence-corrected chi connectivity index (χ0v) is 10.8. The van der Waals surface area contributed by atoms with Crippen LogP contribution in [0.25, 0.3) is 0 Å². The van der Waals surface area contributed by atoms with Crippen molar-refractivity contribution in [2.75, 3.05) is 19.6 Å². The molecule has 2 saturated carbocycles. The summed E-state index contributed by atoms with van der Waals surface area (Å²) in [5, 5.41) is 13.7. The van der Waals surface area contributed by atoms with Crippen molar-refractivity contribution >= 4 is 0 Å². The Morgan fingerprint density at radius 3 is 2.65 bits per heavy atom. The monoisotopic (exact) mass is 238 g/mol. The normalized spacial score (nSPS) is 39.7. The van der Waals surface area contributed by atoms with Gasteiger partial charge in [0.1, 0.15) is 0 Å². The number of hydrogen-bond acceptors (Lipinski definition) is 3. The minimum atomic E-state index is -0.0508. The van der Waals surface area contributed by atoms with E-state index >= 15 is 0 Å². The zero-order valence-electron chi connectivity index (χ0n) is 10.8. The Bertz CT molecular complexity index is 255. The SMILES string of the molecule is OC1CCCC1N1CCCC(CNC2CC2)C1. The molecule has 0 bridgehead atoms. The van der Waals surface area contributed by atoms with E-state index in [0.29, 0.717) is 6.04 Å². The van der Waals surface area contributed by atoms with Crippen LogP contribution in [0.3, 0.4) is 0 Å². The van der Waals surface area contributed by atoms with Gasteiger partial charge in [0, 0.05) is 18.6 Å². The molecular formula is C14H26N2O.